The predicted molar refractivity (Wildman–Crippen MR) is 131 cm³/mol. The van der Waals surface area contributed by atoms with E-state index in [9.17, 15) is 0 Å². The summed E-state index contributed by atoms with van der Waals surface area (Å²) in [6.45, 7) is 10.7. The van der Waals surface area contributed by atoms with E-state index < -0.39 is 0 Å². The van der Waals surface area contributed by atoms with Gasteiger partial charge in [0, 0.05) is 41.8 Å². The van der Waals surface area contributed by atoms with Gasteiger partial charge in [-0.2, -0.15) is 8.83 Å². The summed E-state index contributed by atoms with van der Waals surface area (Å²) in [5.41, 5.74) is 9.36. The van der Waals surface area contributed by atoms with Crippen molar-refractivity contribution in [2.45, 2.75) is 46.5 Å². The van der Waals surface area contributed by atoms with Crippen LogP contribution in [0.1, 0.15) is 46.5 Å². The van der Waals surface area contributed by atoms with E-state index in [1.54, 1.807) is 13.9 Å². The molecule has 12 heteroatoms. The highest BCUT2D eigenvalue weighted by molar-refractivity contribution is 7.84. The van der Waals surface area contributed by atoms with Gasteiger partial charge in [0.25, 0.3) is 0 Å². The number of hydrogen-bond donors (Lipinski definition) is 7. The van der Waals surface area contributed by atoms with E-state index in [2.05, 4.69) is 93.2 Å². The Bertz CT molecular complexity index is 489. The zero-order valence-corrected chi connectivity index (χ0v) is 20.6. The Kier molecular flexibility index (Phi) is 14.2. The lowest BCUT2D eigenvalue weighted by Gasteiger charge is -2.38. The third-order valence-electron chi connectivity index (χ3n) is 3.96. The Labute approximate surface area is 192 Å². The fourth-order valence-corrected chi connectivity index (χ4v) is 3.78. The van der Waals surface area contributed by atoms with E-state index in [0.29, 0.717) is 13.1 Å². The molecule has 0 saturated heterocycles. The van der Waals surface area contributed by atoms with E-state index in [4.69, 9.17) is 0 Å². The van der Waals surface area contributed by atoms with Gasteiger partial charge in [-0.25, -0.2) is 20.7 Å². The van der Waals surface area contributed by atoms with Crippen LogP contribution in [0.25, 0.3) is 0 Å². The van der Waals surface area contributed by atoms with Gasteiger partial charge in [0.15, 0.2) is 0 Å². The lowest BCUT2D eigenvalue weighted by Crippen LogP contribution is -2.54. The van der Waals surface area contributed by atoms with Crippen LogP contribution < -0.4 is 16.5 Å². The topological polar surface area (TPSA) is 52.3 Å². The van der Waals surface area contributed by atoms with Crippen molar-refractivity contribution in [2.75, 3.05) is 32.7 Å². The molecule has 3 N–H and O–H groups in total. The third kappa shape index (κ3) is 10.9. The highest BCUT2D eigenvalue weighted by atomic mass is 32.1. The van der Waals surface area contributed by atoms with E-state index in [0.717, 1.165) is 29.4 Å². The molecule has 0 aromatic rings. The summed E-state index contributed by atoms with van der Waals surface area (Å²) < 4.78 is 3.38. The van der Waals surface area contributed by atoms with E-state index in [1.165, 1.54) is 25.7 Å². The van der Waals surface area contributed by atoms with Gasteiger partial charge in [-0.05, 0) is 6.42 Å². The van der Waals surface area contributed by atoms with Crippen LogP contribution in [0.2, 0.25) is 0 Å². The maximum absolute atomic E-state index is 4.31. The van der Waals surface area contributed by atoms with Crippen molar-refractivity contribution in [3.8, 4) is 0 Å². The summed E-state index contributed by atoms with van der Waals surface area (Å²) in [4.78, 5) is 1.96. The van der Waals surface area contributed by atoms with Crippen LogP contribution in [0.3, 0.4) is 0 Å². The molecule has 0 spiro atoms. The van der Waals surface area contributed by atoms with Crippen molar-refractivity contribution in [3.05, 3.63) is 22.2 Å². The smallest absolute Gasteiger partial charge is 0.0583 e. The monoisotopic (exact) mass is 468 g/mol. The summed E-state index contributed by atoms with van der Waals surface area (Å²) in [7, 11) is 0. The molecule has 0 unspecified atom stereocenters. The van der Waals surface area contributed by atoms with Crippen molar-refractivity contribution in [2.24, 2.45) is 0 Å². The first-order valence-electron chi connectivity index (χ1n) is 9.71. The van der Waals surface area contributed by atoms with Crippen LogP contribution in [0.4, 0.5) is 0 Å². The van der Waals surface area contributed by atoms with Crippen molar-refractivity contribution in [1.29, 1.82) is 0 Å². The Balaban J connectivity index is 0.000000283. The number of nitrogens with one attached hydrogen (secondary N) is 3. The summed E-state index contributed by atoms with van der Waals surface area (Å²) in [6, 6.07) is 0. The molecule has 8 nitrogen and oxygen atoms in total. The van der Waals surface area contributed by atoms with Crippen molar-refractivity contribution in [1.82, 2.24) is 40.6 Å². The zero-order valence-electron chi connectivity index (χ0n) is 17.0. The average Bonchev–Trinajstić information content (AvgIpc) is 2.61. The quantitative estimate of drug-likeness (QED) is 0.206. The molecule has 2 rings (SSSR count). The summed E-state index contributed by atoms with van der Waals surface area (Å²) >= 11 is 17.0. The van der Waals surface area contributed by atoms with Crippen LogP contribution >= 0.6 is 50.9 Å². The van der Waals surface area contributed by atoms with Crippen LogP contribution in [0.5, 0.6) is 0 Å². The number of hydrazine groups is 6. The highest BCUT2D eigenvalue weighted by Gasteiger charge is 2.16. The minimum absolute atomic E-state index is 0.709. The highest BCUT2D eigenvalue weighted by Crippen LogP contribution is 2.12. The normalized spacial score (nSPS) is 18.7. The van der Waals surface area contributed by atoms with Crippen LogP contribution in [-0.4, -0.2) is 56.8 Å². The molecular weight excluding hydrogens is 433 g/mol. The van der Waals surface area contributed by atoms with Crippen molar-refractivity contribution in [3.63, 3.8) is 0 Å². The minimum Gasteiger partial charge on any atom is -0.233 e. The molecule has 0 radical (unpaired) electrons. The third-order valence-corrected chi connectivity index (χ3v) is 4.94. The fraction of sp³-hybridized carbons (Fsp3) is 0.750. The maximum atomic E-state index is 4.31. The maximum Gasteiger partial charge on any atom is 0.0583 e. The molecule has 0 aromatic carbocycles. The number of hydrogen-bond acceptors (Lipinski definition) is 12. The average molecular weight is 469 g/mol. The van der Waals surface area contributed by atoms with Gasteiger partial charge in [-0.3, -0.25) is 0 Å². The van der Waals surface area contributed by atoms with E-state index in [1.807, 2.05) is 17.5 Å². The molecule has 2 heterocycles. The van der Waals surface area contributed by atoms with E-state index in [-0.39, 0.29) is 0 Å². The standard InChI is InChI=1S/C9H20N4S2.C7H16N4S2/c1-2-3-4-5-6-10-12-7-9(14)8-13(15)11-12;1-3-9(4-2)10-5-7(12)6-11(13)8-10/h7,10-11,14-15H,2-6,8H2,1H3;5,8,12-13H,3-4,6H2,1-2H3. The molecule has 164 valence electrons. The van der Waals surface area contributed by atoms with Crippen molar-refractivity contribution >= 4 is 50.9 Å². The molecule has 0 aliphatic carbocycles. The first kappa shape index (κ1) is 26.3. The molecule has 0 atom stereocenters. The predicted octanol–water partition coefficient (Wildman–Crippen LogP) is 2.62. The summed E-state index contributed by atoms with van der Waals surface area (Å²) in [5, 5.41) is 5.84. The van der Waals surface area contributed by atoms with Gasteiger partial charge < -0.3 is 0 Å². The molecule has 28 heavy (non-hydrogen) atoms. The van der Waals surface area contributed by atoms with Gasteiger partial charge in [-0.15, -0.1) is 36.3 Å². The number of unbranched alkanes of at least 4 members (excludes halogenated alkanes) is 3. The molecule has 0 aromatic heterocycles. The second-order valence-corrected chi connectivity index (χ2v) is 8.49. The van der Waals surface area contributed by atoms with Crippen LogP contribution in [0, 0.1) is 0 Å². The number of rotatable bonds is 9. The Morgan fingerprint density at radius 2 is 1.54 bits per heavy atom. The zero-order chi connectivity index (χ0) is 20.9. The van der Waals surface area contributed by atoms with Gasteiger partial charge in [-0.1, -0.05) is 65.7 Å². The van der Waals surface area contributed by atoms with E-state index >= 15 is 0 Å². The largest absolute Gasteiger partial charge is 0.233 e. The molecule has 0 amide bonds. The Hall–Kier alpha value is 0.240. The molecule has 0 bridgehead atoms. The van der Waals surface area contributed by atoms with Gasteiger partial charge in [0.05, 0.1) is 13.1 Å². The summed E-state index contributed by atoms with van der Waals surface area (Å²) in [6.07, 6.45) is 8.93. The number of nitrogens with zero attached hydrogens (tertiary/aromatic N) is 5. The molecule has 0 saturated carbocycles. The lowest BCUT2D eigenvalue weighted by atomic mass is 10.2. The van der Waals surface area contributed by atoms with Gasteiger partial charge in [0.2, 0.25) is 0 Å². The molecule has 2 aliphatic heterocycles. The number of thiol groups is 4. The van der Waals surface area contributed by atoms with Crippen LogP contribution in [-0.2, 0) is 0 Å². The molecular formula is C16H36N8S4. The minimum atomic E-state index is 0.709. The Morgan fingerprint density at radius 1 is 0.929 bits per heavy atom. The SMILES string of the molecule is CCCCCCNN1C=C(S)CN(S)N1.CCN(CC)N1C=C(S)CN(S)N1. The second kappa shape index (κ2) is 15.1. The van der Waals surface area contributed by atoms with Crippen LogP contribution in [0.15, 0.2) is 22.2 Å². The molecule has 0 fully saturated rings. The van der Waals surface area contributed by atoms with Crippen molar-refractivity contribution < 1.29 is 0 Å². The fourth-order valence-electron chi connectivity index (χ4n) is 2.56. The summed E-state index contributed by atoms with van der Waals surface area (Å²) in [5.74, 6) is 0. The van der Waals surface area contributed by atoms with Gasteiger partial charge in [0.1, 0.15) is 0 Å². The second-order valence-electron chi connectivity index (χ2n) is 6.38. The Morgan fingerprint density at radius 3 is 2.07 bits per heavy atom. The lowest BCUT2D eigenvalue weighted by molar-refractivity contribution is -0.0637. The first-order chi connectivity index (χ1) is 13.4. The van der Waals surface area contributed by atoms with Gasteiger partial charge >= 0.3 is 0 Å². The molecule has 2 aliphatic rings. The first-order valence-corrected chi connectivity index (χ1v) is 11.4.